The number of carbonyl (C=O) groups is 2. The van der Waals surface area contributed by atoms with E-state index in [1.54, 1.807) is 0 Å². The number of aromatic nitrogens is 2. The average Bonchev–Trinajstić information content (AvgIpc) is 2.99. The van der Waals surface area contributed by atoms with Gasteiger partial charge in [0.25, 0.3) is 0 Å². The van der Waals surface area contributed by atoms with E-state index in [9.17, 15) is 9.59 Å². The third-order valence-electron chi connectivity index (χ3n) is 5.38. The van der Waals surface area contributed by atoms with Crippen LogP contribution < -0.4 is 0 Å². The van der Waals surface area contributed by atoms with Crippen LogP contribution in [0.3, 0.4) is 0 Å². The zero-order valence-electron chi connectivity index (χ0n) is 15.6. The molecule has 1 saturated heterocycles. The lowest BCUT2D eigenvalue weighted by Gasteiger charge is -2.32. The van der Waals surface area contributed by atoms with E-state index < -0.39 is 0 Å². The minimum absolute atomic E-state index is 0.0396. The summed E-state index contributed by atoms with van der Waals surface area (Å²) in [5, 5.41) is 7.24. The fraction of sp³-hybridized carbons (Fsp3) is 0.476. The Bertz CT molecular complexity index is 767. The van der Waals surface area contributed by atoms with Crippen LogP contribution in [-0.2, 0) is 22.4 Å². The maximum Gasteiger partial charge on any atom is 0.222 e. The van der Waals surface area contributed by atoms with Crippen molar-refractivity contribution in [3.05, 3.63) is 52.8 Å². The van der Waals surface area contributed by atoms with Gasteiger partial charge >= 0.3 is 0 Å². The van der Waals surface area contributed by atoms with Crippen LogP contribution in [0.25, 0.3) is 0 Å². The van der Waals surface area contributed by atoms with Crippen molar-refractivity contribution in [2.45, 2.75) is 46.0 Å². The number of aryl methyl sites for hydroxylation is 2. The van der Waals surface area contributed by atoms with E-state index in [0.717, 1.165) is 41.9 Å². The molecule has 0 radical (unpaired) electrons. The van der Waals surface area contributed by atoms with E-state index in [0.29, 0.717) is 25.8 Å². The number of benzene rings is 1. The first-order chi connectivity index (χ1) is 12.5. The summed E-state index contributed by atoms with van der Waals surface area (Å²) in [6.45, 7) is 5.33. The van der Waals surface area contributed by atoms with Gasteiger partial charge in [-0.05, 0) is 37.8 Å². The number of H-pyrrole nitrogens is 1. The highest BCUT2D eigenvalue weighted by molar-refractivity contribution is 5.84. The van der Waals surface area contributed by atoms with E-state index in [1.165, 1.54) is 0 Å². The third-order valence-corrected chi connectivity index (χ3v) is 5.38. The van der Waals surface area contributed by atoms with E-state index in [2.05, 4.69) is 10.2 Å². The summed E-state index contributed by atoms with van der Waals surface area (Å²) in [6.07, 6.45) is 3.34. The zero-order valence-corrected chi connectivity index (χ0v) is 15.6. The Kier molecular flexibility index (Phi) is 5.86. The molecule has 0 bridgehead atoms. The first kappa shape index (κ1) is 18.4. The molecule has 1 aliphatic rings. The number of Topliss-reactive ketones (excluding diaryl/α,β-unsaturated/α-hetero) is 1. The smallest absolute Gasteiger partial charge is 0.222 e. The van der Waals surface area contributed by atoms with Gasteiger partial charge in [0.1, 0.15) is 5.78 Å². The lowest BCUT2D eigenvalue weighted by atomic mass is 9.90. The molecule has 1 aromatic heterocycles. The number of nitrogens with one attached hydrogen (secondary N) is 1. The Hall–Kier alpha value is -2.43. The largest absolute Gasteiger partial charge is 0.342 e. The van der Waals surface area contributed by atoms with Crippen molar-refractivity contribution >= 4 is 11.7 Å². The van der Waals surface area contributed by atoms with Gasteiger partial charge in [-0.1, -0.05) is 30.3 Å². The molecule has 1 aromatic carbocycles. The first-order valence-electron chi connectivity index (χ1n) is 9.39. The van der Waals surface area contributed by atoms with Gasteiger partial charge in [-0.25, -0.2) is 0 Å². The predicted molar refractivity (Wildman–Crippen MR) is 101 cm³/mol. The number of hydrogen-bond donors (Lipinski definition) is 1. The summed E-state index contributed by atoms with van der Waals surface area (Å²) >= 11 is 0. The summed E-state index contributed by atoms with van der Waals surface area (Å²) in [4.78, 5) is 27.1. The van der Waals surface area contributed by atoms with Gasteiger partial charge in [0.05, 0.1) is 5.69 Å². The van der Waals surface area contributed by atoms with Gasteiger partial charge < -0.3 is 4.90 Å². The van der Waals surface area contributed by atoms with Crippen molar-refractivity contribution in [2.24, 2.45) is 5.92 Å². The van der Waals surface area contributed by atoms with Crippen molar-refractivity contribution in [2.75, 3.05) is 13.1 Å². The summed E-state index contributed by atoms with van der Waals surface area (Å²) in [6, 6.07) is 9.84. The van der Waals surface area contributed by atoms with E-state index in [1.807, 2.05) is 49.1 Å². The normalized spacial score (nSPS) is 17.3. The lowest BCUT2D eigenvalue weighted by molar-refractivity contribution is -0.135. The van der Waals surface area contributed by atoms with E-state index in [-0.39, 0.29) is 17.6 Å². The molecule has 1 fully saturated rings. The van der Waals surface area contributed by atoms with Crippen molar-refractivity contribution in [3.8, 4) is 0 Å². The number of amides is 1. The number of likely N-dealkylation sites (tertiary alicyclic amines) is 1. The number of hydrogen-bond acceptors (Lipinski definition) is 3. The van der Waals surface area contributed by atoms with Crippen molar-refractivity contribution in [3.63, 3.8) is 0 Å². The number of nitrogens with zero attached hydrogens (tertiary/aromatic N) is 2. The van der Waals surface area contributed by atoms with Crippen LogP contribution in [0, 0.1) is 19.8 Å². The molecule has 26 heavy (non-hydrogen) atoms. The maximum atomic E-state index is 12.6. The van der Waals surface area contributed by atoms with Gasteiger partial charge in [-0.2, -0.15) is 5.10 Å². The molecule has 5 heteroatoms. The van der Waals surface area contributed by atoms with Crippen LogP contribution in [0.1, 0.15) is 41.8 Å². The Morgan fingerprint density at radius 1 is 1.23 bits per heavy atom. The first-order valence-corrected chi connectivity index (χ1v) is 9.39. The molecule has 1 amide bonds. The molecule has 5 nitrogen and oxygen atoms in total. The quantitative estimate of drug-likeness (QED) is 0.868. The molecule has 2 aromatic rings. The molecule has 3 rings (SSSR count). The Morgan fingerprint density at radius 3 is 2.69 bits per heavy atom. The molecule has 0 spiro atoms. The van der Waals surface area contributed by atoms with Gasteiger partial charge in [-0.3, -0.25) is 14.7 Å². The molecular weight excluding hydrogens is 326 g/mol. The van der Waals surface area contributed by atoms with Crippen molar-refractivity contribution in [1.82, 2.24) is 15.1 Å². The summed E-state index contributed by atoms with van der Waals surface area (Å²) in [5.74, 6) is 0.331. The third kappa shape index (κ3) is 4.40. The van der Waals surface area contributed by atoms with Gasteiger partial charge in [0.15, 0.2) is 0 Å². The fourth-order valence-corrected chi connectivity index (χ4v) is 3.57. The van der Waals surface area contributed by atoms with Crippen LogP contribution in [0.4, 0.5) is 0 Å². The number of piperidine rings is 1. The summed E-state index contributed by atoms with van der Waals surface area (Å²) in [5.41, 5.74) is 4.19. The summed E-state index contributed by atoms with van der Waals surface area (Å²) in [7, 11) is 0. The van der Waals surface area contributed by atoms with Gasteiger partial charge in [0.2, 0.25) is 5.91 Å². The van der Waals surface area contributed by atoms with Crippen molar-refractivity contribution < 1.29 is 9.59 Å². The van der Waals surface area contributed by atoms with Crippen LogP contribution in [-0.4, -0.2) is 39.9 Å². The highest BCUT2D eigenvalue weighted by atomic mass is 16.2. The number of rotatable bonds is 6. The molecule has 1 unspecified atom stereocenters. The molecule has 138 valence electrons. The SMILES string of the molecule is Cc1[nH]nc(CCC(=O)N2CCCC(C(=O)Cc3ccccc3)C2)c1C. The maximum absolute atomic E-state index is 12.6. The molecule has 1 aliphatic heterocycles. The molecule has 1 N–H and O–H groups in total. The monoisotopic (exact) mass is 353 g/mol. The minimum atomic E-state index is -0.0396. The number of carbonyl (C=O) groups excluding carboxylic acids is 2. The number of ketones is 1. The Balaban J connectivity index is 1.53. The second-order valence-electron chi connectivity index (χ2n) is 7.23. The van der Waals surface area contributed by atoms with Crippen LogP contribution in [0.2, 0.25) is 0 Å². The Morgan fingerprint density at radius 2 is 2.00 bits per heavy atom. The van der Waals surface area contributed by atoms with Crippen LogP contribution >= 0.6 is 0 Å². The average molecular weight is 353 g/mol. The van der Waals surface area contributed by atoms with Crippen LogP contribution in [0.15, 0.2) is 30.3 Å². The highest BCUT2D eigenvalue weighted by Gasteiger charge is 2.28. The second-order valence-corrected chi connectivity index (χ2v) is 7.23. The second kappa shape index (κ2) is 8.30. The number of aromatic amines is 1. The van der Waals surface area contributed by atoms with Crippen molar-refractivity contribution in [1.29, 1.82) is 0 Å². The topological polar surface area (TPSA) is 66.1 Å². The molecule has 1 atom stereocenters. The van der Waals surface area contributed by atoms with E-state index in [4.69, 9.17) is 0 Å². The van der Waals surface area contributed by atoms with Gasteiger partial charge in [-0.15, -0.1) is 0 Å². The highest BCUT2D eigenvalue weighted by Crippen LogP contribution is 2.20. The lowest BCUT2D eigenvalue weighted by Crippen LogP contribution is -2.42. The van der Waals surface area contributed by atoms with E-state index >= 15 is 0 Å². The minimum Gasteiger partial charge on any atom is -0.342 e. The predicted octanol–water partition coefficient (Wildman–Crippen LogP) is 3.01. The molecule has 0 aliphatic carbocycles. The molecule has 0 saturated carbocycles. The van der Waals surface area contributed by atoms with Gasteiger partial charge in [0, 0.05) is 44.0 Å². The summed E-state index contributed by atoms with van der Waals surface area (Å²) < 4.78 is 0. The molecule has 2 heterocycles. The zero-order chi connectivity index (χ0) is 18.5. The molecular formula is C21H27N3O2. The Labute approximate surface area is 154 Å². The van der Waals surface area contributed by atoms with Crippen LogP contribution in [0.5, 0.6) is 0 Å². The fourth-order valence-electron chi connectivity index (χ4n) is 3.57. The standard InChI is InChI=1S/C21H27N3O2/c1-15-16(2)22-23-19(15)10-11-21(26)24-12-6-9-18(14-24)20(25)13-17-7-4-3-5-8-17/h3-5,7-8,18H,6,9-14H2,1-2H3,(H,22,23).